The van der Waals surface area contributed by atoms with Gasteiger partial charge in [0.2, 0.25) is 5.91 Å². The first-order valence-corrected chi connectivity index (χ1v) is 11.7. The standard InChI is InChI=1S/C23H40N2O2/c1-23(12-13-23)11-8-22(26)25(18-21-7-4-16-27-21)17-19-9-14-24(15-10-19)20-5-2-3-6-20/h19-21H,2-18H2,1H3. The van der Waals surface area contributed by atoms with Crippen LogP contribution in [0.15, 0.2) is 0 Å². The molecular formula is C23H40N2O2. The van der Waals surface area contributed by atoms with E-state index in [-0.39, 0.29) is 6.10 Å². The van der Waals surface area contributed by atoms with Crippen molar-refractivity contribution in [1.82, 2.24) is 9.80 Å². The summed E-state index contributed by atoms with van der Waals surface area (Å²) >= 11 is 0. The fourth-order valence-corrected chi connectivity index (χ4v) is 5.42. The minimum Gasteiger partial charge on any atom is -0.376 e. The minimum atomic E-state index is 0.282. The van der Waals surface area contributed by atoms with E-state index in [0.29, 0.717) is 17.2 Å². The number of hydrogen-bond acceptors (Lipinski definition) is 3. The number of hydrogen-bond donors (Lipinski definition) is 0. The Kier molecular flexibility index (Phi) is 6.43. The van der Waals surface area contributed by atoms with Gasteiger partial charge in [-0.2, -0.15) is 0 Å². The van der Waals surface area contributed by atoms with Crippen molar-refractivity contribution in [3.05, 3.63) is 0 Å². The maximum atomic E-state index is 13.0. The average Bonchev–Trinajstić information content (AvgIpc) is 3.12. The molecule has 2 aliphatic carbocycles. The molecule has 4 heteroatoms. The molecule has 2 saturated heterocycles. The lowest BCUT2D eigenvalue weighted by molar-refractivity contribution is -0.134. The van der Waals surface area contributed by atoms with Crippen molar-refractivity contribution < 1.29 is 9.53 Å². The Labute approximate surface area is 166 Å². The zero-order chi connectivity index (χ0) is 18.7. The Hall–Kier alpha value is -0.610. The van der Waals surface area contributed by atoms with Gasteiger partial charge in [-0.25, -0.2) is 0 Å². The summed E-state index contributed by atoms with van der Waals surface area (Å²) in [6.45, 7) is 7.50. The van der Waals surface area contributed by atoms with Gasteiger partial charge in [-0.3, -0.25) is 4.79 Å². The highest BCUT2D eigenvalue weighted by atomic mass is 16.5. The molecule has 0 aromatic rings. The van der Waals surface area contributed by atoms with E-state index in [1.165, 1.54) is 64.5 Å². The van der Waals surface area contributed by atoms with E-state index in [0.717, 1.165) is 51.4 Å². The largest absolute Gasteiger partial charge is 0.376 e. The third-order valence-corrected chi connectivity index (χ3v) is 7.82. The Morgan fingerprint density at radius 2 is 1.78 bits per heavy atom. The molecule has 1 atom stereocenters. The monoisotopic (exact) mass is 376 g/mol. The van der Waals surface area contributed by atoms with Crippen LogP contribution in [0.25, 0.3) is 0 Å². The van der Waals surface area contributed by atoms with Crippen molar-refractivity contribution in [3.8, 4) is 0 Å². The lowest BCUT2D eigenvalue weighted by Crippen LogP contribution is -2.45. The molecule has 0 spiro atoms. The van der Waals surface area contributed by atoms with E-state index in [1.807, 2.05) is 0 Å². The molecule has 4 rings (SSSR count). The number of carbonyl (C=O) groups excluding carboxylic acids is 1. The molecule has 0 N–H and O–H groups in total. The number of nitrogens with zero attached hydrogens (tertiary/aromatic N) is 2. The van der Waals surface area contributed by atoms with Crippen LogP contribution >= 0.6 is 0 Å². The molecule has 4 fully saturated rings. The average molecular weight is 377 g/mol. The summed E-state index contributed by atoms with van der Waals surface area (Å²) < 4.78 is 5.86. The maximum Gasteiger partial charge on any atom is 0.222 e. The highest BCUT2D eigenvalue weighted by molar-refractivity contribution is 5.76. The van der Waals surface area contributed by atoms with Crippen LogP contribution in [0.5, 0.6) is 0 Å². The lowest BCUT2D eigenvalue weighted by Gasteiger charge is -2.38. The van der Waals surface area contributed by atoms with Gasteiger partial charge in [0.1, 0.15) is 0 Å². The SMILES string of the molecule is CC1(CCC(=O)N(CC2CCN(C3CCCC3)CC2)CC2CCCO2)CC1. The number of rotatable bonds is 8. The Bertz CT molecular complexity index is 485. The van der Waals surface area contributed by atoms with E-state index in [2.05, 4.69) is 16.7 Å². The van der Waals surface area contributed by atoms with Crippen molar-refractivity contribution in [2.45, 2.75) is 96.1 Å². The highest BCUT2D eigenvalue weighted by Crippen LogP contribution is 2.49. The van der Waals surface area contributed by atoms with Crippen molar-refractivity contribution in [3.63, 3.8) is 0 Å². The second kappa shape index (κ2) is 8.82. The molecule has 4 aliphatic rings. The normalized spacial score (nSPS) is 29.3. The van der Waals surface area contributed by atoms with Crippen LogP contribution < -0.4 is 0 Å². The molecule has 0 aromatic carbocycles. The van der Waals surface area contributed by atoms with Crippen molar-refractivity contribution >= 4 is 5.91 Å². The summed E-state index contributed by atoms with van der Waals surface area (Å²) in [7, 11) is 0. The fourth-order valence-electron chi connectivity index (χ4n) is 5.42. The molecule has 2 aliphatic heterocycles. The van der Waals surface area contributed by atoms with Crippen molar-refractivity contribution in [2.24, 2.45) is 11.3 Å². The number of amides is 1. The summed E-state index contributed by atoms with van der Waals surface area (Å²) in [6.07, 6.45) is 15.2. The molecule has 0 radical (unpaired) electrons. The maximum absolute atomic E-state index is 13.0. The van der Waals surface area contributed by atoms with Gasteiger partial charge >= 0.3 is 0 Å². The molecule has 0 aromatic heterocycles. The second-order valence-electron chi connectivity index (χ2n) is 10.2. The topological polar surface area (TPSA) is 32.8 Å². The van der Waals surface area contributed by atoms with E-state index < -0.39 is 0 Å². The molecular weight excluding hydrogens is 336 g/mol. The summed E-state index contributed by atoms with van der Waals surface area (Å²) in [5.41, 5.74) is 0.470. The van der Waals surface area contributed by atoms with E-state index in [9.17, 15) is 4.79 Å². The summed E-state index contributed by atoms with van der Waals surface area (Å²) in [6, 6.07) is 0.856. The van der Waals surface area contributed by atoms with Crippen molar-refractivity contribution in [1.29, 1.82) is 0 Å². The fraction of sp³-hybridized carbons (Fsp3) is 0.957. The molecule has 1 unspecified atom stereocenters. The summed E-state index contributed by atoms with van der Waals surface area (Å²) in [4.78, 5) is 17.9. The van der Waals surface area contributed by atoms with Crippen LogP contribution in [0.1, 0.15) is 84.0 Å². The summed E-state index contributed by atoms with van der Waals surface area (Å²) in [5.74, 6) is 1.07. The smallest absolute Gasteiger partial charge is 0.222 e. The Balaban J connectivity index is 1.27. The van der Waals surface area contributed by atoms with Gasteiger partial charge in [-0.1, -0.05) is 19.8 Å². The second-order valence-corrected chi connectivity index (χ2v) is 10.2. The van der Waals surface area contributed by atoms with Crippen LogP contribution in [0.3, 0.4) is 0 Å². The van der Waals surface area contributed by atoms with E-state index in [1.54, 1.807) is 0 Å². The van der Waals surface area contributed by atoms with Crippen LogP contribution in [-0.2, 0) is 9.53 Å². The van der Waals surface area contributed by atoms with Crippen molar-refractivity contribution in [2.75, 3.05) is 32.8 Å². The number of carbonyl (C=O) groups is 1. The molecule has 1 amide bonds. The number of ether oxygens (including phenoxy) is 1. The predicted octanol–water partition coefficient (Wildman–Crippen LogP) is 4.23. The molecule has 2 saturated carbocycles. The molecule has 0 bridgehead atoms. The third-order valence-electron chi connectivity index (χ3n) is 7.82. The van der Waals surface area contributed by atoms with E-state index in [4.69, 9.17) is 4.74 Å². The van der Waals surface area contributed by atoms with Crippen LogP contribution in [0, 0.1) is 11.3 Å². The van der Waals surface area contributed by atoms with Crippen LogP contribution in [0.2, 0.25) is 0 Å². The van der Waals surface area contributed by atoms with Crippen LogP contribution in [-0.4, -0.2) is 60.6 Å². The lowest BCUT2D eigenvalue weighted by atomic mass is 9.94. The van der Waals surface area contributed by atoms with Gasteiger partial charge in [0, 0.05) is 32.2 Å². The third kappa shape index (κ3) is 5.47. The quantitative estimate of drug-likeness (QED) is 0.635. The number of likely N-dealkylation sites (tertiary alicyclic amines) is 1. The number of piperidine rings is 1. The highest BCUT2D eigenvalue weighted by Gasteiger charge is 2.38. The van der Waals surface area contributed by atoms with Gasteiger partial charge in [0.25, 0.3) is 0 Å². The van der Waals surface area contributed by atoms with Gasteiger partial charge in [-0.15, -0.1) is 0 Å². The first kappa shape index (κ1) is 19.7. The zero-order valence-corrected chi connectivity index (χ0v) is 17.5. The minimum absolute atomic E-state index is 0.282. The Morgan fingerprint density at radius 1 is 1.04 bits per heavy atom. The van der Waals surface area contributed by atoms with Gasteiger partial charge < -0.3 is 14.5 Å². The molecule has 154 valence electrons. The summed E-state index contributed by atoms with van der Waals surface area (Å²) in [5, 5.41) is 0. The van der Waals surface area contributed by atoms with E-state index >= 15 is 0 Å². The predicted molar refractivity (Wildman–Crippen MR) is 109 cm³/mol. The Morgan fingerprint density at radius 3 is 2.41 bits per heavy atom. The first-order valence-electron chi connectivity index (χ1n) is 11.7. The molecule has 4 nitrogen and oxygen atoms in total. The van der Waals surface area contributed by atoms with Gasteiger partial charge in [0.05, 0.1) is 6.10 Å². The zero-order valence-electron chi connectivity index (χ0n) is 17.5. The van der Waals surface area contributed by atoms with Gasteiger partial charge in [-0.05, 0) is 82.2 Å². The molecule has 2 heterocycles. The first-order chi connectivity index (χ1) is 13.1. The van der Waals surface area contributed by atoms with Crippen LogP contribution in [0.4, 0.5) is 0 Å². The van der Waals surface area contributed by atoms with Gasteiger partial charge in [0.15, 0.2) is 0 Å². The molecule has 27 heavy (non-hydrogen) atoms.